The van der Waals surface area contributed by atoms with Crippen LogP contribution in [0.3, 0.4) is 0 Å². The Morgan fingerprint density at radius 1 is 1.18 bits per heavy atom. The van der Waals surface area contributed by atoms with E-state index < -0.39 is 41.9 Å². The number of rotatable bonds is 16. The van der Waals surface area contributed by atoms with Gasteiger partial charge in [-0.15, -0.1) is 22.7 Å². The molecule has 1 saturated heterocycles. The summed E-state index contributed by atoms with van der Waals surface area (Å²) in [5, 5.41) is 15.9. The van der Waals surface area contributed by atoms with E-state index in [1.54, 1.807) is 17.3 Å². The lowest BCUT2D eigenvalue weighted by Gasteiger charge is -2.35. The lowest BCUT2D eigenvalue weighted by Crippen LogP contribution is -2.44. The van der Waals surface area contributed by atoms with Crippen LogP contribution in [0.15, 0.2) is 17.3 Å². The minimum absolute atomic E-state index is 0.0137. The first-order valence-corrected chi connectivity index (χ1v) is 16.0. The van der Waals surface area contributed by atoms with E-state index in [0.717, 1.165) is 16.7 Å². The Labute approximate surface area is 262 Å². The fourth-order valence-corrected chi connectivity index (χ4v) is 6.59. The minimum Gasteiger partial charge on any atom is -0.481 e. The molecule has 10 nitrogen and oxygen atoms in total. The number of hydrogen-bond acceptors (Lipinski definition) is 10. The van der Waals surface area contributed by atoms with E-state index >= 15 is 0 Å². The van der Waals surface area contributed by atoms with Crippen molar-refractivity contribution in [3.05, 3.63) is 38.7 Å². The van der Waals surface area contributed by atoms with Crippen molar-refractivity contribution < 1.29 is 42.1 Å². The largest absolute Gasteiger partial charge is 0.481 e. The van der Waals surface area contributed by atoms with Gasteiger partial charge in [0, 0.05) is 62.0 Å². The van der Waals surface area contributed by atoms with Gasteiger partial charge in [0.2, 0.25) is 5.91 Å². The molecule has 2 N–H and O–H groups in total. The van der Waals surface area contributed by atoms with Crippen LogP contribution in [0.4, 0.5) is 13.2 Å². The van der Waals surface area contributed by atoms with Crippen LogP contribution in [0.25, 0.3) is 5.70 Å². The minimum atomic E-state index is -4.58. The topological polar surface area (TPSA) is 131 Å². The van der Waals surface area contributed by atoms with Gasteiger partial charge in [0.25, 0.3) is 0 Å². The molecule has 0 aliphatic carbocycles. The molecule has 1 aliphatic rings. The van der Waals surface area contributed by atoms with Crippen LogP contribution in [0.1, 0.15) is 74.5 Å². The van der Waals surface area contributed by atoms with Gasteiger partial charge in [-0.25, -0.2) is 9.97 Å². The highest BCUT2D eigenvalue weighted by Gasteiger charge is 2.35. The van der Waals surface area contributed by atoms with E-state index in [4.69, 9.17) is 9.47 Å². The highest BCUT2D eigenvalue weighted by atomic mass is 32.1. The molecule has 1 amide bonds. The average Bonchev–Trinajstić information content (AvgIpc) is 3.58. The molecule has 3 heterocycles. The van der Waals surface area contributed by atoms with Gasteiger partial charge in [-0.1, -0.05) is 27.4 Å². The van der Waals surface area contributed by atoms with Crippen molar-refractivity contribution in [2.45, 2.75) is 77.7 Å². The molecule has 1 aliphatic heterocycles. The van der Waals surface area contributed by atoms with Crippen LogP contribution in [0.5, 0.6) is 0 Å². The van der Waals surface area contributed by atoms with Gasteiger partial charge in [-0.2, -0.15) is 13.2 Å². The Bertz CT molecular complexity index is 1310. The summed E-state index contributed by atoms with van der Waals surface area (Å²) in [4.78, 5) is 46.6. The molecule has 15 heteroatoms. The maximum Gasteiger partial charge on any atom is 0.434 e. The highest BCUT2D eigenvalue weighted by Crippen LogP contribution is 2.33. The number of ether oxygens (including phenoxy) is 2. The van der Waals surface area contributed by atoms with Crippen molar-refractivity contribution >= 4 is 46.2 Å². The highest BCUT2D eigenvalue weighted by molar-refractivity contribution is 7.10. The second-order valence-electron chi connectivity index (χ2n) is 11.5. The Balaban J connectivity index is 1.77. The predicted octanol–water partition coefficient (Wildman–Crippen LogP) is 5.41. The molecule has 1 unspecified atom stereocenters. The molecular formula is C29H39F3N4O6S2. The van der Waals surface area contributed by atoms with Gasteiger partial charge in [0.05, 0.1) is 35.5 Å². The second kappa shape index (κ2) is 15.3. The Morgan fingerprint density at radius 3 is 2.39 bits per heavy atom. The fraction of sp³-hybridized carbons (Fsp3) is 0.621. The first-order chi connectivity index (χ1) is 20.5. The van der Waals surface area contributed by atoms with Crippen molar-refractivity contribution in [1.29, 1.82) is 0 Å². The van der Waals surface area contributed by atoms with Gasteiger partial charge >= 0.3 is 18.1 Å². The summed E-state index contributed by atoms with van der Waals surface area (Å²) >= 11 is 2.09. The number of carbonyl (C=O) groups excluding carboxylic acids is 2. The second-order valence-corrected chi connectivity index (χ2v) is 13.3. The zero-order valence-electron chi connectivity index (χ0n) is 25.3. The Morgan fingerprint density at radius 2 is 1.86 bits per heavy atom. The average molecular weight is 661 g/mol. The number of carboxylic acid groups (broad SMARTS) is 1. The quantitative estimate of drug-likeness (QED) is 0.227. The van der Waals surface area contributed by atoms with Crippen LogP contribution < -0.4 is 5.32 Å². The molecule has 2 aromatic heterocycles. The molecule has 0 saturated carbocycles. The van der Waals surface area contributed by atoms with E-state index in [0.29, 0.717) is 42.5 Å². The summed E-state index contributed by atoms with van der Waals surface area (Å²) in [5.41, 5.74) is -0.244. The molecule has 0 bridgehead atoms. The number of aromatic nitrogens is 2. The summed E-state index contributed by atoms with van der Waals surface area (Å²) in [5.74, 6) is -2.09. The monoisotopic (exact) mass is 660 g/mol. The van der Waals surface area contributed by atoms with Gasteiger partial charge < -0.3 is 24.8 Å². The van der Waals surface area contributed by atoms with E-state index in [-0.39, 0.29) is 41.6 Å². The smallest absolute Gasteiger partial charge is 0.434 e. The molecule has 244 valence electrons. The fourth-order valence-electron chi connectivity index (χ4n) is 4.84. The first kappa shape index (κ1) is 35.4. The predicted molar refractivity (Wildman–Crippen MR) is 160 cm³/mol. The number of carbonyl (C=O) groups is 3. The van der Waals surface area contributed by atoms with Crippen LogP contribution in [-0.2, 0) is 36.5 Å². The lowest BCUT2D eigenvalue weighted by molar-refractivity contribution is -0.149. The van der Waals surface area contributed by atoms with Gasteiger partial charge in [-0.05, 0) is 12.3 Å². The number of alkyl halides is 3. The molecule has 2 aromatic rings. The number of esters is 1. The first-order valence-electron chi connectivity index (χ1n) is 14.2. The van der Waals surface area contributed by atoms with Gasteiger partial charge in [-0.3, -0.25) is 14.4 Å². The summed E-state index contributed by atoms with van der Waals surface area (Å²) in [7, 11) is 1.74. The molecule has 4 atom stereocenters. The standard InChI is InChI=1S/C29H39F3N4O6S2/c1-15(2)22(36(6)26(38)8-19-11-41-12-19)10-23(42-18(5)37)27-34-21(13-44-27)17(4)33-20(7-16(3)28(39)40)9-25-35-24(14-43-25)29(30,31)32/h13-16,19-20,22-23,33H,4,7-12H2,1-3,5-6H3,(H,39,40)/t16-,20+,22?,23+/m0/s1. The lowest BCUT2D eigenvalue weighted by atomic mass is 9.95. The van der Waals surface area contributed by atoms with Crippen molar-refractivity contribution in [2.75, 3.05) is 20.3 Å². The molecule has 44 heavy (non-hydrogen) atoms. The molecule has 0 spiro atoms. The van der Waals surface area contributed by atoms with Crippen molar-refractivity contribution in [3.63, 3.8) is 0 Å². The SMILES string of the molecule is C=C(N[C@@H](Cc1nc(C(F)(F)F)cs1)C[C@H](C)C(=O)O)c1csc([C@@H](CC(C(C)C)N(C)C(=O)CC2COC2)OC(C)=O)n1. The molecule has 0 radical (unpaired) electrons. The van der Waals surface area contributed by atoms with Gasteiger partial charge in [0.1, 0.15) is 5.01 Å². The van der Waals surface area contributed by atoms with Gasteiger partial charge in [0.15, 0.2) is 11.8 Å². The van der Waals surface area contributed by atoms with E-state index in [9.17, 15) is 32.7 Å². The molecule has 3 rings (SSSR count). The third-order valence-corrected chi connectivity index (χ3v) is 9.21. The number of hydrogen-bond donors (Lipinski definition) is 2. The molecule has 1 fully saturated rings. The third kappa shape index (κ3) is 9.99. The normalized spacial score (nSPS) is 16.5. The van der Waals surface area contributed by atoms with E-state index in [1.807, 2.05) is 13.8 Å². The van der Waals surface area contributed by atoms with Crippen LogP contribution in [0.2, 0.25) is 0 Å². The van der Waals surface area contributed by atoms with E-state index in [1.165, 1.54) is 25.2 Å². The Hall–Kier alpha value is -3.04. The zero-order chi connectivity index (χ0) is 32.8. The number of amides is 1. The Kier molecular flexibility index (Phi) is 12.3. The van der Waals surface area contributed by atoms with Crippen LogP contribution in [-0.4, -0.2) is 70.2 Å². The van der Waals surface area contributed by atoms with Crippen molar-refractivity contribution in [1.82, 2.24) is 20.2 Å². The van der Waals surface area contributed by atoms with Crippen molar-refractivity contribution in [2.24, 2.45) is 17.8 Å². The third-order valence-electron chi connectivity index (χ3n) is 7.40. The summed E-state index contributed by atoms with van der Waals surface area (Å²) < 4.78 is 50.1. The number of carboxylic acids is 1. The van der Waals surface area contributed by atoms with Crippen LogP contribution >= 0.6 is 22.7 Å². The molecular weight excluding hydrogens is 621 g/mol. The summed E-state index contributed by atoms with van der Waals surface area (Å²) in [6, 6.07) is -0.843. The summed E-state index contributed by atoms with van der Waals surface area (Å²) in [6.07, 6.45) is -4.47. The van der Waals surface area contributed by atoms with Crippen molar-refractivity contribution in [3.8, 4) is 0 Å². The van der Waals surface area contributed by atoms with E-state index in [2.05, 4.69) is 21.9 Å². The number of halogens is 3. The number of nitrogens with one attached hydrogen (secondary N) is 1. The number of aliphatic carboxylic acids is 1. The maximum atomic E-state index is 13.1. The van der Waals surface area contributed by atoms with Crippen LogP contribution in [0, 0.1) is 17.8 Å². The zero-order valence-corrected chi connectivity index (χ0v) is 27.0. The number of thiazole rings is 2. The summed E-state index contributed by atoms with van der Waals surface area (Å²) in [6.45, 7) is 12.0. The molecule has 0 aromatic carbocycles. The number of nitrogens with zero attached hydrogens (tertiary/aromatic N) is 3. The maximum absolute atomic E-state index is 13.1.